The first-order valence-corrected chi connectivity index (χ1v) is 11.9. The van der Waals surface area contributed by atoms with Crippen LogP contribution in [0, 0.1) is 11.7 Å². The molecule has 2 fully saturated rings. The maximum absolute atomic E-state index is 13.2. The standard InChI is InChI=1S/C20H31FN4O3S/c1-15-13-24(14-19(28-15)17-4-6-18(21)7-5-17)20(22-2)23-12-16-8-10-25(11-9-16)29(3,26)27/h4-7,15-16,19H,8-14H2,1-3H3,(H,22,23). The number of piperidine rings is 1. The maximum atomic E-state index is 13.2. The molecule has 2 saturated heterocycles. The molecule has 2 unspecified atom stereocenters. The van der Waals surface area contributed by atoms with E-state index in [4.69, 9.17) is 4.74 Å². The molecule has 162 valence electrons. The predicted octanol–water partition coefficient (Wildman–Crippen LogP) is 1.83. The molecule has 1 N–H and O–H groups in total. The van der Waals surface area contributed by atoms with Gasteiger partial charge in [0.1, 0.15) is 11.9 Å². The Balaban J connectivity index is 1.56. The highest BCUT2D eigenvalue weighted by Gasteiger charge is 2.29. The van der Waals surface area contributed by atoms with Crippen LogP contribution in [0.1, 0.15) is 31.4 Å². The van der Waals surface area contributed by atoms with E-state index < -0.39 is 10.0 Å². The first kappa shape index (κ1) is 22.0. The van der Waals surface area contributed by atoms with E-state index in [9.17, 15) is 12.8 Å². The molecule has 0 spiro atoms. The Morgan fingerprint density at radius 2 is 1.90 bits per heavy atom. The summed E-state index contributed by atoms with van der Waals surface area (Å²) in [6.07, 6.45) is 2.83. The van der Waals surface area contributed by atoms with Gasteiger partial charge in [0.15, 0.2) is 5.96 Å². The lowest BCUT2D eigenvalue weighted by Crippen LogP contribution is -2.52. The Labute approximate surface area is 173 Å². The highest BCUT2D eigenvalue weighted by atomic mass is 32.2. The van der Waals surface area contributed by atoms with E-state index in [2.05, 4.69) is 15.2 Å². The number of hydrogen-bond donors (Lipinski definition) is 1. The SMILES string of the molecule is CN=C(NCC1CCN(S(C)(=O)=O)CC1)N1CC(C)OC(c2ccc(F)cc2)C1. The zero-order valence-corrected chi connectivity index (χ0v) is 18.2. The van der Waals surface area contributed by atoms with E-state index in [0.29, 0.717) is 25.6 Å². The van der Waals surface area contributed by atoms with Gasteiger partial charge in [0.2, 0.25) is 10.0 Å². The minimum absolute atomic E-state index is 0.0235. The average Bonchev–Trinajstić information content (AvgIpc) is 2.68. The number of rotatable bonds is 4. The lowest BCUT2D eigenvalue weighted by Gasteiger charge is -2.39. The number of benzene rings is 1. The van der Waals surface area contributed by atoms with Crippen LogP contribution >= 0.6 is 0 Å². The molecule has 7 nitrogen and oxygen atoms in total. The van der Waals surface area contributed by atoms with Gasteiger partial charge in [0.05, 0.1) is 18.9 Å². The van der Waals surface area contributed by atoms with Crippen molar-refractivity contribution in [3.63, 3.8) is 0 Å². The fraction of sp³-hybridized carbons (Fsp3) is 0.650. The Morgan fingerprint density at radius 1 is 1.24 bits per heavy atom. The van der Waals surface area contributed by atoms with Gasteiger partial charge in [0, 0.05) is 33.2 Å². The number of hydrogen-bond acceptors (Lipinski definition) is 4. The minimum Gasteiger partial charge on any atom is -0.367 e. The maximum Gasteiger partial charge on any atom is 0.211 e. The number of halogens is 1. The van der Waals surface area contributed by atoms with Crippen molar-refractivity contribution in [3.05, 3.63) is 35.6 Å². The second kappa shape index (κ2) is 9.40. The molecule has 0 saturated carbocycles. The third-order valence-electron chi connectivity index (χ3n) is 5.60. The lowest BCUT2D eigenvalue weighted by molar-refractivity contribution is -0.0605. The molecule has 0 bridgehead atoms. The smallest absolute Gasteiger partial charge is 0.211 e. The van der Waals surface area contributed by atoms with Gasteiger partial charge in [-0.15, -0.1) is 0 Å². The number of ether oxygens (including phenoxy) is 1. The van der Waals surface area contributed by atoms with Crippen LogP contribution in [0.15, 0.2) is 29.3 Å². The molecular formula is C20H31FN4O3S. The number of nitrogens with one attached hydrogen (secondary N) is 1. The zero-order chi connectivity index (χ0) is 21.0. The van der Waals surface area contributed by atoms with Crippen molar-refractivity contribution in [1.29, 1.82) is 0 Å². The van der Waals surface area contributed by atoms with Gasteiger partial charge in [-0.25, -0.2) is 17.1 Å². The van der Waals surface area contributed by atoms with Crippen molar-refractivity contribution >= 4 is 16.0 Å². The molecular weight excluding hydrogens is 395 g/mol. The lowest BCUT2D eigenvalue weighted by atomic mass is 9.98. The van der Waals surface area contributed by atoms with E-state index in [1.165, 1.54) is 18.4 Å². The van der Waals surface area contributed by atoms with E-state index in [1.54, 1.807) is 23.5 Å². The van der Waals surface area contributed by atoms with Crippen LogP contribution in [0.3, 0.4) is 0 Å². The summed E-state index contributed by atoms with van der Waals surface area (Å²) in [7, 11) is -1.33. The fourth-order valence-corrected chi connectivity index (χ4v) is 4.87. The first-order valence-electron chi connectivity index (χ1n) is 10.1. The van der Waals surface area contributed by atoms with Gasteiger partial charge in [-0.3, -0.25) is 4.99 Å². The van der Waals surface area contributed by atoms with Gasteiger partial charge >= 0.3 is 0 Å². The third-order valence-corrected chi connectivity index (χ3v) is 6.91. The molecule has 2 atom stereocenters. The highest BCUT2D eigenvalue weighted by Crippen LogP contribution is 2.26. The van der Waals surface area contributed by atoms with Crippen molar-refractivity contribution in [2.45, 2.75) is 32.0 Å². The van der Waals surface area contributed by atoms with Crippen LogP contribution in [-0.2, 0) is 14.8 Å². The molecule has 2 aliphatic rings. The summed E-state index contributed by atoms with van der Waals surface area (Å²) in [5, 5.41) is 3.46. The van der Waals surface area contributed by atoms with E-state index in [1.807, 2.05) is 6.92 Å². The number of morpholine rings is 1. The first-order chi connectivity index (χ1) is 13.8. The topological polar surface area (TPSA) is 74.2 Å². The van der Waals surface area contributed by atoms with E-state index in [0.717, 1.165) is 37.5 Å². The molecule has 2 heterocycles. The quantitative estimate of drug-likeness (QED) is 0.587. The number of guanidine groups is 1. The van der Waals surface area contributed by atoms with Crippen LogP contribution in [0.2, 0.25) is 0 Å². The zero-order valence-electron chi connectivity index (χ0n) is 17.3. The summed E-state index contributed by atoms with van der Waals surface area (Å²) in [5.41, 5.74) is 0.951. The molecule has 1 aromatic carbocycles. The number of nitrogens with zero attached hydrogens (tertiary/aromatic N) is 3. The molecule has 9 heteroatoms. The summed E-state index contributed by atoms with van der Waals surface area (Å²) in [5.74, 6) is 0.975. The number of sulfonamides is 1. The third kappa shape index (κ3) is 5.90. The highest BCUT2D eigenvalue weighted by molar-refractivity contribution is 7.88. The second-order valence-corrected chi connectivity index (χ2v) is 9.91. The molecule has 0 aliphatic carbocycles. The summed E-state index contributed by atoms with van der Waals surface area (Å²) in [4.78, 5) is 6.61. The summed E-state index contributed by atoms with van der Waals surface area (Å²) < 4.78 is 44.2. The molecule has 0 radical (unpaired) electrons. The second-order valence-electron chi connectivity index (χ2n) is 7.93. The van der Waals surface area contributed by atoms with E-state index >= 15 is 0 Å². The Hall–Kier alpha value is -1.71. The average molecular weight is 427 g/mol. The molecule has 0 aromatic heterocycles. The molecule has 0 amide bonds. The fourth-order valence-electron chi connectivity index (χ4n) is 4.00. The minimum atomic E-state index is -3.10. The van der Waals surface area contributed by atoms with Gasteiger partial charge < -0.3 is 15.0 Å². The van der Waals surface area contributed by atoms with Crippen LogP contribution < -0.4 is 5.32 Å². The summed E-state index contributed by atoms with van der Waals surface area (Å²) in [6.45, 7) is 5.30. The monoisotopic (exact) mass is 426 g/mol. The largest absolute Gasteiger partial charge is 0.367 e. The van der Waals surface area contributed by atoms with Crippen LogP contribution in [0.4, 0.5) is 4.39 Å². The van der Waals surface area contributed by atoms with Crippen molar-refractivity contribution in [1.82, 2.24) is 14.5 Å². The molecule has 2 aliphatic heterocycles. The van der Waals surface area contributed by atoms with Crippen molar-refractivity contribution in [3.8, 4) is 0 Å². The van der Waals surface area contributed by atoms with Crippen molar-refractivity contribution < 1.29 is 17.5 Å². The van der Waals surface area contributed by atoms with Gasteiger partial charge in [-0.2, -0.15) is 0 Å². The van der Waals surface area contributed by atoms with Gasteiger partial charge in [-0.05, 0) is 43.4 Å². The van der Waals surface area contributed by atoms with Crippen LogP contribution in [-0.4, -0.2) is 75.7 Å². The van der Waals surface area contributed by atoms with Crippen LogP contribution in [0.5, 0.6) is 0 Å². The summed E-state index contributed by atoms with van der Waals surface area (Å²) >= 11 is 0. The van der Waals surface area contributed by atoms with Gasteiger partial charge in [0.25, 0.3) is 0 Å². The van der Waals surface area contributed by atoms with Crippen LogP contribution in [0.25, 0.3) is 0 Å². The molecule has 1 aromatic rings. The molecule has 29 heavy (non-hydrogen) atoms. The normalized spacial score (nSPS) is 25.2. The van der Waals surface area contributed by atoms with Crippen molar-refractivity contribution in [2.75, 3.05) is 46.0 Å². The van der Waals surface area contributed by atoms with Gasteiger partial charge in [-0.1, -0.05) is 12.1 Å². The predicted molar refractivity (Wildman–Crippen MR) is 112 cm³/mol. The number of aliphatic imine (C=N–C) groups is 1. The Kier molecular flexibility index (Phi) is 7.13. The van der Waals surface area contributed by atoms with E-state index in [-0.39, 0.29) is 18.0 Å². The summed E-state index contributed by atoms with van der Waals surface area (Å²) in [6, 6.07) is 6.44. The Morgan fingerprint density at radius 3 is 2.48 bits per heavy atom. The Bertz CT molecular complexity index is 808. The molecule has 3 rings (SSSR count). The van der Waals surface area contributed by atoms with Crippen molar-refractivity contribution in [2.24, 2.45) is 10.9 Å².